The summed E-state index contributed by atoms with van der Waals surface area (Å²) in [7, 11) is 0. The first-order valence-electron chi connectivity index (χ1n) is 6.97. The maximum atomic E-state index is 11.4. The molecule has 1 aromatic rings. The van der Waals surface area contributed by atoms with E-state index in [2.05, 4.69) is 4.90 Å². The van der Waals surface area contributed by atoms with Gasteiger partial charge in [0.15, 0.2) is 0 Å². The summed E-state index contributed by atoms with van der Waals surface area (Å²) in [5.74, 6) is 0.175. The molecule has 0 radical (unpaired) electrons. The standard InChI is InChI=1S/C15H20Cl2N2O/c1-12(20)19-5-2-4-18(7-8-19)6-3-13-9-14(16)11-15(17)10-13/h9-11H,2-8H2,1H3. The van der Waals surface area contributed by atoms with Gasteiger partial charge in [0, 0.05) is 43.1 Å². The van der Waals surface area contributed by atoms with Gasteiger partial charge in [-0.1, -0.05) is 23.2 Å². The van der Waals surface area contributed by atoms with Crippen LogP contribution in [-0.2, 0) is 11.2 Å². The number of nitrogens with zero attached hydrogens (tertiary/aromatic N) is 2. The molecular weight excluding hydrogens is 295 g/mol. The van der Waals surface area contributed by atoms with Crippen LogP contribution in [0.4, 0.5) is 0 Å². The molecule has 1 fully saturated rings. The molecule has 0 aliphatic carbocycles. The Morgan fingerprint density at radius 1 is 1.10 bits per heavy atom. The molecule has 0 bridgehead atoms. The van der Waals surface area contributed by atoms with E-state index in [9.17, 15) is 4.79 Å². The number of hydrogen-bond donors (Lipinski definition) is 0. The first-order valence-corrected chi connectivity index (χ1v) is 7.73. The van der Waals surface area contributed by atoms with Gasteiger partial charge in [-0.2, -0.15) is 0 Å². The highest BCUT2D eigenvalue weighted by atomic mass is 35.5. The summed E-state index contributed by atoms with van der Waals surface area (Å²) in [6.45, 7) is 6.29. The Kier molecular flexibility index (Phi) is 5.70. The highest BCUT2D eigenvalue weighted by molar-refractivity contribution is 6.34. The molecule has 1 heterocycles. The average molecular weight is 315 g/mol. The van der Waals surface area contributed by atoms with E-state index in [1.165, 1.54) is 0 Å². The number of carbonyl (C=O) groups is 1. The second-order valence-corrected chi connectivity index (χ2v) is 6.10. The van der Waals surface area contributed by atoms with Crippen molar-refractivity contribution in [3.63, 3.8) is 0 Å². The highest BCUT2D eigenvalue weighted by Gasteiger charge is 2.16. The van der Waals surface area contributed by atoms with Gasteiger partial charge in [-0.05, 0) is 43.1 Å². The van der Waals surface area contributed by atoms with E-state index in [0.717, 1.165) is 51.1 Å². The molecule has 1 saturated heterocycles. The van der Waals surface area contributed by atoms with E-state index < -0.39 is 0 Å². The highest BCUT2D eigenvalue weighted by Crippen LogP contribution is 2.19. The smallest absolute Gasteiger partial charge is 0.219 e. The van der Waals surface area contributed by atoms with E-state index in [4.69, 9.17) is 23.2 Å². The summed E-state index contributed by atoms with van der Waals surface area (Å²) in [4.78, 5) is 15.7. The van der Waals surface area contributed by atoms with Gasteiger partial charge in [-0.3, -0.25) is 4.79 Å². The molecule has 1 amide bonds. The van der Waals surface area contributed by atoms with Crippen molar-refractivity contribution >= 4 is 29.1 Å². The third-order valence-corrected chi connectivity index (χ3v) is 4.11. The van der Waals surface area contributed by atoms with Crippen molar-refractivity contribution in [1.82, 2.24) is 9.80 Å². The molecule has 0 unspecified atom stereocenters. The van der Waals surface area contributed by atoms with E-state index in [1.807, 2.05) is 17.0 Å². The summed E-state index contributed by atoms with van der Waals surface area (Å²) in [6.07, 6.45) is 1.97. The van der Waals surface area contributed by atoms with Gasteiger partial charge in [-0.15, -0.1) is 0 Å². The first-order chi connectivity index (χ1) is 9.54. The molecular formula is C15H20Cl2N2O. The Balaban J connectivity index is 1.86. The van der Waals surface area contributed by atoms with E-state index in [-0.39, 0.29) is 5.91 Å². The predicted octanol–water partition coefficient (Wildman–Crippen LogP) is 3.09. The molecule has 1 aliphatic rings. The Bertz CT molecular complexity index is 459. The van der Waals surface area contributed by atoms with Gasteiger partial charge in [0.05, 0.1) is 0 Å². The van der Waals surface area contributed by atoms with Crippen LogP contribution in [-0.4, -0.2) is 48.4 Å². The molecule has 2 rings (SSSR count). The first kappa shape index (κ1) is 15.6. The van der Waals surface area contributed by atoms with Crippen LogP contribution in [0.2, 0.25) is 10.0 Å². The molecule has 0 saturated carbocycles. The third-order valence-electron chi connectivity index (χ3n) is 3.67. The molecule has 1 aromatic carbocycles. The van der Waals surface area contributed by atoms with Crippen LogP contribution < -0.4 is 0 Å². The molecule has 3 nitrogen and oxygen atoms in total. The van der Waals surface area contributed by atoms with Gasteiger partial charge >= 0.3 is 0 Å². The van der Waals surface area contributed by atoms with Gasteiger partial charge in [0.25, 0.3) is 0 Å². The van der Waals surface area contributed by atoms with Crippen LogP contribution in [0.3, 0.4) is 0 Å². The molecule has 0 N–H and O–H groups in total. The van der Waals surface area contributed by atoms with Crippen molar-refractivity contribution in [2.75, 3.05) is 32.7 Å². The summed E-state index contributed by atoms with van der Waals surface area (Å²) in [5, 5.41) is 1.37. The fourth-order valence-corrected chi connectivity index (χ4v) is 3.12. The van der Waals surface area contributed by atoms with Crippen molar-refractivity contribution in [1.29, 1.82) is 0 Å². The Hall–Kier alpha value is -0.770. The van der Waals surface area contributed by atoms with Crippen molar-refractivity contribution < 1.29 is 4.79 Å². The zero-order valence-corrected chi connectivity index (χ0v) is 13.3. The van der Waals surface area contributed by atoms with E-state index in [1.54, 1.807) is 13.0 Å². The van der Waals surface area contributed by atoms with E-state index in [0.29, 0.717) is 10.0 Å². The fraction of sp³-hybridized carbons (Fsp3) is 0.533. The van der Waals surface area contributed by atoms with Gasteiger partial charge < -0.3 is 9.80 Å². The lowest BCUT2D eigenvalue weighted by Crippen LogP contribution is -2.34. The van der Waals surface area contributed by atoms with Crippen LogP contribution in [0.25, 0.3) is 0 Å². The summed E-state index contributed by atoms with van der Waals surface area (Å²) >= 11 is 12.0. The second kappa shape index (κ2) is 7.30. The second-order valence-electron chi connectivity index (χ2n) is 5.23. The molecule has 1 aliphatic heterocycles. The Morgan fingerprint density at radius 3 is 2.45 bits per heavy atom. The molecule has 0 atom stereocenters. The van der Waals surface area contributed by atoms with Gasteiger partial charge in [-0.25, -0.2) is 0 Å². The Morgan fingerprint density at radius 2 is 1.80 bits per heavy atom. The number of halogens is 2. The lowest BCUT2D eigenvalue weighted by Gasteiger charge is -2.21. The van der Waals surface area contributed by atoms with Gasteiger partial charge in [0.1, 0.15) is 0 Å². The fourth-order valence-electron chi connectivity index (χ4n) is 2.55. The van der Waals surface area contributed by atoms with E-state index >= 15 is 0 Å². The molecule has 0 spiro atoms. The Labute approximate surface area is 130 Å². The van der Waals surface area contributed by atoms with Crippen LogP contribution >= 0.6 is 23.2 Å². The number of amides is 1. The van der Waals surface area contributed by atoms with Crippen LogP contribution in [0.15, 0.2) is 18.2 Å². The predicted molar refractivity (Wildman–Crippen MR) is 83.5 cm³/mol. The van der Waals surface area contributed by atoms with Crippen LogP contribution in [0.5, 0.6) is 0 Å². The SMILES string of the molecule is CC(=O)N1CCCN(CCc2cc(Cl)cc(Cl)c2)CC1. The number of rotatable bonds is 3. The lowest BCUT2D eigenvalue weighted by molar-refractivity contribution is -0.128. The third kappa shape index (κ3) is 4.65. The maximum Gasteiger partial charge on any atom is 0.219 e. The van der Waals surface area contributed by atoms with Crippen molar-refractivity contribution in [3.8, 4) is 0 Å². The topological polar surface area (TPSA) is 23.6 Å². The van der Waals surface area contributed by atoms with Crippen LogP contribution in [0.1, 0.15) is 18.9 Å². The van der Waals surface area contributed by atoms with Crippen molar-refractivity contribution in [2.24, 2.45) is 0 Å². The number of hydrogen-bond acceptors (Lipinski definition) is 2. The van der Waals surface area contributed by atoms with Crippen LogP contribution in [0, 0.1) is 0 Å². The molecule has 5 heteroatoms. The zero-order chi connectivity index (χ0) is 14.5. The number of carbonyl (C=O) groups excluding carboxylic acids is 1. The normalized spacial score (nSPS) is 17.1. The number of benzene rings is 1. The summed E-state index contributed by atoms with van der Waals surface area (Å²) < 4.78 is 0. The van der Waals surface area contributed by atoms with Crippen molar-refractivity contribution in [3.05, 3.63) is 33.8 Å². The maximum absolute atomic E-state index is 11.4. The van der Waals surface area contributed by atoms with Gasteiger partial charge in [0.2, 0.25) is 5.91 Å². The largest absolute Gasteiger partial charge is 0.342 e. The molecule has 20 heavy (non-hydrogen) atoms. The zero-order valence-electron chi connectivity index (χ0n) is 11.7. The molecule has 110 valence electrons. The minimum absolute atomic E-state index is 0.175. The minimum Gasteiger partial charge on any atom is -0.342 e. The lowest BCUT2D eigenvalue weighted by atomic mass is 10.1. The quantitative estimate of drug-likeness (QED) is 0.856. The molecule has 0 aromatic heterocycles. The van der Waals surface area contributed by atoms with Crippen molar-refractivity contribution in [2.45, 2.75) is 19.8 Å². The summed E-state index contributed by atoms with van der Waals surface area (Å²) in [6, 6.07) is 5.68. The minimum atomic E-state index is 0.175. The summed E-state index contributed by atoms with van der Waals surface area (Å²) in [5.41, 5.74) is 1.16. The monoisotopic (exact) mass is 314 g/mol. The average Bonchev–Trinajstić information content (AvgIpc) is 2.60.